The van der Waals surface area contributed by atoms with Crippen LogP contribution < -0.4 is 5.32 Å². The molecule has 348 valence electrons. The molecule has 0 heterocycles. The molecule has 0 saturated heterocycles. The SMILES string of the molecule is C/C=C/CC/C=C/CCCC(O)C(O)C(CO)NC(=O)CCCCCCCCCCCCCCCCCCC/C=C\CCCCCCCCCCCCCCCCCC. The average Bonchev–Trinajstić information content (AvgIpc) is 3.24. The van der Waals surface area contributed by atoms with Crippen molar-refractivity contribution in [2.45, 2.75) is 295 Å². The smallest absolute Gasteiger partial charge is 0.220 e. The number of aliphatic hydroxyl groups is 3. The molecule has 5 nitrogen and oxygen atoms in total. The summed E-state index contributed by atoms with van der Waals surface area (Å²) in [7, 11) is 0. The van der Waals surface area contributed by atoms with Gasteiger partial charge in [-0.1, -0.05) is 236 Å². The number of carbonyl (C=O) groups excluding carboxylic acids is 1. The number of hydrogen-bond donors (Lipinski definition) is 4. The first kappa shape index (κ1) is 57.6. The van der Waals surface area contributed by atoms with E-state index >= 15 is 0 Å². The van der Waals surface area contributed by atoms with E-state index in [-0.39, 0.29) is 12.5 Å². The van der Waals surface area contributed by atoms with Gasteiger partial charge in [0.1, 0.15) is 6.10 Å². The quantitative estimate of drug-likeness (QED) is 0.0363. The highest BCUT2D eigenvalue weighted by Gasteiger charge is 2.26. The van der Waals surface area contributed by atoms with Crippen molar-refractivity contribution in [2.75, 3.05) is 6.61 Å². The fourth-order valence-electron chi connectivity index (χ4n) is 8.24. The van der Waals surface area contributed by atoms with Crippen LogP contribution in [0.5, 0.6) is 0 Å². The number of amides is 1. The van der Waals surface area contributed by atoms with Crippen LogP contribution in [0.3, 0.4) is 0 Å². The summed E-state index contributed by atoms with van der Waals surface area (Å²) in [6, 6.07) is -0.829. The molecular formula is C54H103NO4. The maximum Gasteiger partial charge on any atom is 0.220 e. The summed E-state index contributed by atoms with van der Waals surface area (Å²) in [5.41, 5.74) is 0. The topological polar surface area (TPSA) is 89.8 Å². The van der Waals surface area contributed by atoms with Gasteiger partial charge in [-0.2, -0.15) is 0 Å². The molecule has 0 saturated carbocycles. The number of allylic oxidation sites excluding steroid dienone is 6. The molecule has 0 radical (unpaired) electrons. The maximum atomic E-state index is 12.4. The Morgan fingerprint density at radius 3 is 1.14 bits per heavy atom. The maximum absolute atomic E-state index is 12.4. The fraction of sp³-hybridized carbons (Fsp3) is 0.870. The number of aliphatic hydroxyl groups excluding tert-OH is 3. The van der Waals surface area contributed by atoms with Gasteiger partial charge in [0.05, 0.1) is 18.8 Å². The van der Waals surface area contributed by atoms with Crippen LogP contribution in [0.2, 0.25) is 0 Å². The van der Waals surface area contributed by atoms with Crippen molar-refractivity contribution in [1.29, 1.82) is 0 Å². The average molecular weight is 830 g/mol. The van der Waals surface area contributed by atoms with Crippen LogP contribution in [-0.4, -0.2) is 46.1 Å². The van der Waals surface area contributed by atoms with Gasteiger partial charge >= 0.3 is 0 Å². The summed E-state index contributed by atoms with van der Waals surface area (Å²) in [5, 5.41) is 33.3. The molecule has 0 aromatic carbocycles. The minimum Gasteiger partial charge on any atom is -0.394 e. The number of carbonyl (C=O) groups is 1. The minimum absolute atomic E-state index is 0.159. The fourth-order valence-corrected chi connectivity index (χ4v) is 8.24. The van der Waals surface area contributed by atoms with Crippen molar-refractivity contribution in [1.82, 2.24) is 5.32 Å². The number of rotatable bonds is 48. The van der Waals surface area contributed by atoms with Gasteiger partial charge in [-0.15, -0.1) is 0 Å². The van der Waals surface area contributed by atoms with Crippen LogP contribution in [0.4, 0.5) is 0 Å². The first-order valence-electron chi connectivity index (χ1n) is 26.2. The molecule has 0 rings (SSSR count). The van der Waals surface area contributed by atoms with E-state index in [0.29, 0.717) is 12.8 Å². The lowest BCUT2D eigenvalue weighted by Crippen LogP contribution is -2.50. The van der Waals surface area contributed by atoms with Gasteiger partial charge in [-0.3, -0.25) is 4.79 Å². The molecule has 3 atom stereocenters. The first-order valence-corrected chi connectivity index (χ1v) is 26.2. The van der Waals surface area contributed by atoms with E-state index in [0.717, 1.165) is 44.9 Å². The number of hydrogen-bond acceptors (Lipinski definition) is 4. The predicted octanol–water partition coefficient (Wildman–Crippen LogP) is 15.9. The summed E-state index contributed by atoms with van der Waals surface area (Å²) in [4.78, 5) is 12.4. The second-order valence-electron chi connectivity index (χ2n) is 18.1. The second kappa shape index (κ2) is 49.2. The van der Waals surface area contributed by atoms with Gasteiger partial charge in [0.15, 0.2) is 0 Å². The van der Waals surface area contributed by atoms with Crippen molar-refractivity contribution in [3.05, 3.63) is 36.5 Å². The Balaban J connectivity index is 3.40. The van der Waals surface area contributed by atoms with E-state index in [1.807, 2.05) is 6.92 Å². The Kier molecular flexibility index (Phi) is 48.0. The van der Waals surface area contributed by atoms with Crippen molar-refractivity contribution in [2.24, 2.45) is 0 Å². The highest BCUT2D eigenvalue weighted by molar-refractivity contribution is 5.76. The van der Waals surface area contributed by atoms with Gasteiger partial charge in [0, 0.05) is 6.42 Å². The molecule has 5 heteroatoms. The Morgan fingerprint density at radius 2 is 0.763 bits per heavy atom. The molecule has 0 spiro atoms. The van der Waals surface area contributed by atoms with Crippen LogP contribution >= 0.6 is 0 Å². The summed E-state index contributed by atoms with van der Waals surface area (Å²) >= 11 is 0. The Bertz CT molecular complexity index is 916. The zero-order valence-electron chi connectivity index (χ0n) is 39.6. The zero-order valence-corrected chi connectivity index (χ0v) is 39.6. The van der Waals surface area contributed by atoms with E-state index in [1.165, 1.54) is 205 Å². The molecule has 0 bridgehead atoms. The highest BCUT2D eigenvalue weighted by atomic mass is 16.3. The standard InChI is InChI=1S/C54H103NO4/c1-3-5-7-9-11-13-14-15-16-17-18-19-20-21-22-23-24-25-26-27-28-29-30-31-32-33-34-35-36-37-38-39-40-41-43-45-47-49-53(58)55-51(50-56)54(59)52(57)48-46-44-42-12-10-8-6-4-2/h4,6,12,25-26,42,51-52,54,56-57,59H,3,5,7-11,13-24,27-41,43-50H2,1-2H3,(H,55,58)/b6-4+,26-25-,42-12+. The molecule has 3 unspecified atom stereocenters. The lowest BCUT2D eigenvalue weighted by atomic mass is 10.0. The van der Waals surface area contributed by atoms with Crippen LogP contribution in [0.15, 0.2) is 36.5 Å². The Hall–Kier alpha value is -1.43. The second-order valence-corrected chi connectivity index (χ2v) is 18.1. The number of unbranched alkanes of at least 4 members (excludes halogenated alkanes) is 35. The summed E-state index contributed by atoms with van der Waals surface area (Å²) in [6.45, 7) is 3.94. The van der Waals surface area contributed by atoms with Crippen molar-refractivity contribution < 1.29 is 20.1 Å². The van der Waals surface area contributed by atoms with E-state index in [4.69, 9.17) is 0 Å². The van der Waals surface area contributed by atoms with Crippen LogP contribution in [0.1, 0.15) is 277 Å². The molecule has 0 fully saturated rings. The van der Waals surface area contributed by atoms with Crippen LogP contribution in [0, 0.1) is 0 Å². The zero-order chi connectivity index (χ0) is 43.0. The van der Waals surface area contributed by atoms with E-state index < -0.39 is 18.2 Å². The minimum atomic E-state index is -1.16. The molecular weight excluding hydrogens is 727 g/mol. The van der Waals surface area contributed by atoms with Gasteiger partial charge in [-0.25, -0.2) is 0 Å². The monoisotopic (exact) mass is 830 g/mol. The molecule has 0 aromatic heterocycles. The number of nitrogens with one attached hydrogen (secondary N) is 1. The van der Waals surface area contributed by atoms with Gasteiger partial charge in [-0.05, 0) is 71.1 Å². The van der Waals surface area contributed by atoms with Gasteiger partial charge in [0.2, 0.25) is 5.91 Å². The summed E-state index contributed by atoms with van der Waals surface area (Å²) in [5.74, 6) is -0.159. The lowest BCUT2D eigenvalue weighted by Gasteiger charge is -2.26. The first-order chi connectivity index (χ1) is 29.1. The molecule has 4 N–H and O–H groups in total. The predicted molar refractivity (Wildman–Crippen MR) is 259 cm³/mol. The molecule has 0 aliphatic heterocycles. The van der Waals surface area contributed by atoms with Crippen molar-refractivity contribution >= 4 is 5.91 Å². The normalized spacial score (nSPS) is 13.6. The summed E-state index contributed by atoms with van der Waals surface area (Å²) < 4.78 is 0. The van der Waals surface area contributed by atoms with Gasteiger partial charge < -0.3 is 20.6 Å². The van der Waals surface area contributed by atoms with E-state index in [2.05, 4.69) is 48.7 Å². The Morgan fingerprint density at radius 1 is 0.441 bits per heavy atom. The third-order valence-corrected chi connectivity index (χ3v) is 12.3. The Labute approximate surface area is 368 Å². The van der Waals surface area contributed by atoms with Crippen LogP contribution in [-0.2, 0) is 4.79 Å². The third-order valence-electron chi connectivity index (χ3n) is 12.3. The third kappa shape index (κ3) is 44.4. The molecule has 0 aromatic rings. The summed E-state index contributed by atoms with van der Waals surface area (Å²) in [6.07, 6.45) is 63.5. The van der Waals surface area contributed by atoms with Crippen molar-refractivity contribution in [3.8, 4) is 0 Å². The molecule has 0 aliphatic carbocycles. The largest absolute Gasteiger partial charge is 0.394 e. The molecule has 59 heavy (non-hydrogen) atoms. The van der Waals surface area contributed by atoms with Crippen LogP contribution in [0.25, 0.3) is 0 Å². The highest BCUT2D eigenvalue weighted by Crippen LogP contribution is 2.17. The van der Waals surface area contributed by atoms with Gasteiger partial charge in [0.25, 0.3) is 0 Å². The van der Waals surface area contributed by atoms with Crippen molar-refractivity contribution in [3.63, 3.8) is 0 Å². The van der Waals surface area contributed by atoms with E-state index in [1.54, 1.807) is 0 Å². The van der Waals surface area contributed by atoms with E-state index in [9.17, 15) is 20.1 Å². The lowest BCUT2D eigenvalue weighted by molar-refractivity contribution is -0.124. The molecule has 0 aliphatic rings. The molecule has 1 amide bonds.